The van der Waals surface area contributed by atoms with Crippen LogP contribution in [-0.4, -0.2) is 60.6 Å². The molecule has 0 aromatic rings. The fraction of sp³-hybridized carbons (Fsp3) is 1.00. The molecule has 0 spiro atoms. The van der Waals surface area contributed by atoms with E-state index in [-0.39, 0.29) is 0 Å². The van der Waals surface area contributed by atoms with Crippen LogP contribution in [0.15, 0.2) is 0 Å². The molecule has 1 aliphatic rings. The van der Waals surface area contributed by atoms with Crippen LogP contribution >= 0.6 is 0 Å². The third kappa shape index (κ3) is 4.90. The Balaban J connectivity index is 2.06. The number of hydrogen-bond acceptors (Lipinski definition) is 5. The Morgan fingerprint density at radius 2 is 1.81 bits per heavy atom. The predicted octanol–water partition coefficient (Wildman–Crippen LogP) is 0.578. The van der Waals surface area contributed by atoms with Crippen molar-refractivity contribution in [3.05, 3.63) is 0 Å². The van der Waals surface area contributed by atoms with Crippen LogP contribution in [0, 0.1) is 0 Å². The maximum Gasteiger partial charge on any atom is 0.334 e. The molecule has 1 saturated heterocycles. The van der Waals surface area contributed by atoms with Crippen LogP contribution in [0.1, 0.15) is 6.42 Å². The van der Waals surface area contributed by atoms with Crippen LogP contribution in [0.3, 0.4) is 0 Å². The van der Waals surface area contributed by atoms with Crippen molar-refractivity contribution in [2.45, 2.75) is 19.0 Å². The summed E-state index contributed by atoms with van der Waals surface area (Å²) in [4.78, 5) is 5.67. The first kappa shape index (κ1) is 14.1. The van der Waals surface area contributed by atoms with Gasteiger partial charge in [0, 0.05) is 40.4 Å². The topological polar surface area (TPSA) is 43.0 Å². The lowest BCUT2D eigenvalue weighted by Crippen LogP contribution is -2.43. The molecular weight excluding hydrogens is 224 g/mol. The van der Waals surface area contributed by atoms with E-state index in [1.807, 2.05) is 5.06 Å². The molecule has 0 amide bonds. The van der Waals surface area contributed by atoms with Crippen molar-refractivity contribution < 1.29 is 13.7 Å². The highest BCUT2D eigenvalue weighted by Crippen LogP contribution is 2.13. The maximum absolute atomic E-state index is 5.67. The van der Waals surface area contributed by atoms with E-state index in [1.165, 1.54) is 0 Å². The SMILES string of the molecule is CO[Si](C)(CCCON1CCNCC1)OC. The highest BCUT2D eigenvalue weighted by atomic mass is 28.4. The zero-order valence-electron chi connectivity index (χ0n) is 10.6. The van der Waals surface area contributed by atoms with E-state index in [0.29, 0.717) is 0 Å². The fourth-order valence-electron chi connectivity index (χ4n) is 1.65. The van der Waals surface area contributed by atoms with Gasteiger partial charge in [-0.2, -0.15) is 5.06 Å². The average molecular weight is 248 g/mol. The number of nitrogens with one attached hydrogen (secondary N) is 1. The molecule has 1 fully saturated rings. The van der Waals surface area contributed by atoms with Gasteiger partial charge in [0.15, 0.2) is 0 Å². The molecule has 0 aromatic heterocycles. The number of piperazine rings is 1. The van der Waals surface area contributed by atoms with Crippen LogP contribution in [0.5, 0.6) is 0 Å². The molecule has 0 aliphatic carbocycles. The molecule has 16 heavy (non-hydrogen) atoms. The Bertz CT molecular complexity index is 185. The van der Waals surface area contributed by atoms with Gasteiger partial charge in [-0.1, -0.05) is 0 Å². The zero-order chi connectivity index (χ0) is 11.9. The Labute approximate surface area is 99.2 Å². The highest BCUT2D eigenvalue weighted by Gasteiger charge is 2.27. The van der Waals surface area contributed by atoms with Crippen LogP contribution in [0.25, 0.3) is 0 Å². The number of rotatable bonds is 7. The van der Waals surface area contributed by atoms with E-state index >= 15 is 0 Å². The number of nitrogens with zero attached hydrogens (tertiary/aromatic N) is 1. The summed E-state index contributed by atoms with van der Waals surface area (Å²) < 4.78 is 10.8. The normalized spacial score (nSPS) is 18.9. The minimum absolute atomic E-state index is 0.759. The van der Waals surface area contributed by atoms with Crippen LogP contribution in [0.2, 0.25) is 12.6 Å². The summed E-state index contributed by atoms with van der Waals surface area (Å²) in [6.07, 6.45) is 0.994. The van der Waals surface area contributed by atoms with Gasteiger partial charge in [0.1, 0.15) is 0 Å². The standard InChI is InChI=1S/C10H24N2O3Si/c1-13-16(3,14-2)10-4-9-15-12-7-5-11-6-8-12/h11H,4-10H2,1-3H3. The largest absolute Gasteiger partial charge is 0.398 e. The first-order chi connectivity index (χ1) is 7.70. The Morgan fingerprint density at radius 3 is 2.38 bits per heavy atom. The molecular formula is C10H24N2O3Si. The molecule has 0 aromatic carbocycles. The molecule has 0 saturated carbocycles. The first-order valence-electron chi connectivity index (χ1n) is 5.89. The fourth-order valence-corrected chi connectivity index (χ4v) is 3.01. The van der Waals surface area contributed by atoms with Crippen LogP contribution in [0.4, 0.5) is 0 Å². The third-order valence-electron chi connectivity index (χ3n) is 2.99. The van der Waals surface area contributed by atoms with E-state index in [0.717, 1.165) is 45.3 Å². The van der Waals surface area contributed by atoms with E-state index in [4.69, 9.17) is 13.7 Å². The molecule has 1 N–H and O–H groups in total. The molecule has 5 nitrogen and oxygen atoms in total. The molecule has 0 unspecified atom stereocenters. The van der Waals surface area contributed by atoms with E-state index in [2.05, 4.69) is 11.9 Å². The van der Waals surface area contributed by atoms with Gasteiger partial charge in [-0.15, -0.1) is 0 Å². The van der Waals surface area contributed by atoms with Crippen molar-refractivity contribution in [2.24, 2.45) is 0 Å². The van der Waals surface area contributed by atoms with Gasteiger partial charge in [0.25, 0.3) is 0 Å². The van der Waals surface area contributed by atoms with Crippen molar-refractivity contribution in [3.63, 3.8) is 0 Å². The molecule has 0 radical (unpaired) electrons. The van der Waals surface area contributed by atoms with Gasteiger partial charge in [0.2, 0.25) is 0 Å². The van der Waals surface area contributed by atoms with Crippen molar-refractivity contribution in [2.75, 3.05) is 47.0 Å². The molecule has 1 rings (SSSR count). The van der Waals surface area contributed by atoms with E-state index in [1.54, 1.807) is 14.2 Å². The van der Waals surface area contributed by atoms with Gasteiger partial charge in [-0.05, 0) is 19.0 Å². The molecule has 6 heteroatoms. The number of hydroxylamine groups is 2. The minimum atomic E-state index is -1.89. The lowest BCUT2D eigenvalue weighted by molar-refractivity contribution is -0.164. The quantitative estimate of drug-likeness (QED) is 0.527. The summed E-state index contributed by atoms with van der Waals surface area (Å²) in [5.41, 5.74) is 0. The predicted molar refractivity (Wildman–Crippen MR) is 65.5 cm³/mol. The minimum Gasteiger partial charge on any atom is -0.398 e. The Kier molecular flexibility index (Phi) is 6.48. The highest BCUT2D eigenvalue weighted by molar-refractivity contribution is 6.65. The third-order valence-corrected chi connectivity index (χ3v) is 5.98. The van der Waals surface area contributed by atoms with Crippen LogP contribution < -0.4 is 5.32 Å². The second kappa shape index (κ2) is 7.36. The Hall–Kier alpha value is 0.0169. The van der Waals surface area contributed by atoms with Crippen molar-refractivity contribution in [3.8, 4) is 0 Å². The van der Waals surface area contributed by atoms with Crippen molar-refractivity contribution in [1.29, 1.82) is 0 Å². The maximum atomic E-state index is 5.67. The summed E-state index contributed by atoms with van der Waals surface area (Å²) in [6, 6.07) is 0.978. The summed E-state index contributed by atoms with van der Waals surface area (Å²) in [5, 5.41) is 5.33. The monoisotopic (exact) mass is 248 g/mol. The van der Waals surface area contributed by atoms with Crippen molar-refractivity contribution in [1.82, 2.24) is 10.4 Å². The van der Waals surface area contributed by atoms with Gasteiger partial charge in [0.05, 0.1) is 6.61 Å². The molecule has 1 heterocycles. The second-order valence-electron chi connectivity index (χ2n) is 4.16. The lowest BCUT2D eigenvalue weighted by Gasteiger charge is -2.27. The van der Waals surface area contributed by atoms with Gasteiger partial charge in [-0.3, -0.25) is 4.84 Å². The molecule has 96 valence electrons. The second-order valence-corrected chi connectivity index (χ2v) is 7.74. The molecule has 0 bridgehead atoms. The molecule has 0 atom stereocenters. The Morgan fingerprint density at radius 1 is 1.19 bits per heavy atom. The summed E-state index contributed by atoms with van der Waals surface area (Å²) >= 11 is 0. The summed E-state index contributed by atoms with van der Waals surface area (Å²) in [5.74, 6) is 0. The van der Waals surface area contributed by atoms with E-state index < -0.39 is 8.56 Å². The number of hydrogen-bond donors (Lipinski definition) is 1. The van der Waals surface area contributed by atoms with Crippen molar-refractivity contribution >= 4 is 8.56 Å². The van der Waals surface area contributed by atoms with E-state index in [9.17, 15) is 0 Å². The first-order valence-corrected chi connectivity index (χ1v) is 8.41. The average Bonchev–Trinajstić information content (AvgIpc) is 2.36. The molecule has 1 aliphatic heterocycles. The van der Waals surface area contributed by atoms with Crippen LogP contribution in [-0.2, 0) is 13.7 Å². The zero-order valence-corrected chi connectivity index (χ0v) is 11.6. The van der Waals surface area contributed by atoms with Gasteiger partial charge >= 0.3 is 8.56 Å². The summed E-state index contributed by atoms with van der Waals surface area (Å²) in [6.45, 7) is 6.82. The smallest absolute Gasteiger partial charge is 0.334 e. The summed E-state index contributed by atoms with van der Waals surface area (Å²) in [7, 11) is 1.56. The lowest BCUT2D eigenvalue weighted by atomic mass is 10.4. The van der Waals surface area contributed by atoms with Gasteiger partial charge in [-0.25, -0.2) is 0 Å². The van der Waals surface area contributed by atoms with Gasteiger partial charge < -0.3 is 14.2 Å².